The van der Waals surface area contributed by atoms with Crippen LogP contribution in [0.25, 0.3) is 0 Å². The van der Waals surface area contributed by atoms with E-state index in [4.69, 9.17) is 0 Å². The fourth-order valence-electron chi connectivity index (χ4n) is 1.97. The minimum absolute atomic E-state index is 0.257. The second-order valence-electron chi connectivity index (χ2n) is 5.80. The van der Waals surface area contributed by atoms with Crippen molar-refractivity contribution in [1.29, 1.82) is 0 Å². The van der Waals surface area contributed by atoms with Gasteiger partial charge in [0, 0.05) is 30.9 Å². The molecule has 1 aromatic heterocycles. The summed E-state index contributed by atoms with van der Waals surface area (Å²) in [5, 5.41) is 3.40. The van der Waals surface area contributed by atoms with E-state index in [1.165, 1.54) is 5.82 Å². The van der Waals surface area contributed by atoms with Gasteiger partial charge >= 0.3 is 0 Å². The molecule has 3 heteroatoms. The molecular weight excluding hydrogens is 198 g/mol. The second-order valence-corrected chi connectivity index (χ2v) is 5.80. The lowest BCUT2D eigenvalue weighted by Crippen LogP contribution is -2.41. The Bertz CT molecular complexity index is 320. The van der Waals surface area contributed by atoms with Crippen LogP contribution in [0.3, 0.4) is 0 Å². The average molecular weight is 223 g/mol. The zero-order valence-electron chi connectivity index (χ0n) is 11.4. The van der Waals surface area contributed by atoms with Crippen molar-refractivity contribution in [2.24, 2.45) is 5.41 Å². The van der Waals surface area contributed by atoms with Crippen LogP contribution in [-0.2, 0) is 6.54 Å². The normalized spacial score (nSPS) is 14.4. The predicted octanol–water partition coefficient (Wildman–Crippen LogP) is 2.64. The van der Waals surface area contributed by atoms with Gasteiger partial charge in [-0.25, -0.2) is 4.98 Å². The third kappa shape index (κ3) is 3.08. The van der Waals surface area contributed by atoms with E-state index >= 15 is 0 Å². The first-order valence-corrected chi connectivity index (χ1v) is 6.04. The smallest absolute Gasteiger partial charge is 0.111 e. The lowest BCUT2D eigenvalue weighted by atomic mass is 9.86. The number of hydrogen-bond acceptors (Lipinski definition) is 2. The molecule has 0 saturated heterocycles. The minimum atomic E-state index is 0.257. The molecule has 0 bridgehead atoms. The summed E-state index contributed by atoms with van der Waals surface area (Å²) in [5.74, 6) is 1.65. The standard InChI is InChI=1S/C13H25N3/c1-10(2)12-15-7-8-16(12)9-11(14-6)13(3,4)5/h7-8,10-11,14H,9H2,1-6H3. The van der Waals surface area contributed by atoms with Gasteiger partial charge in [0.25, 0.3) is 0 Å². The van der Waals surface area contributed by atoms with Crippen LogP contribution in [0.5, 0.6) is 0 Å². The van der Waals surface area contributed by atoms with E-state index in [2.05, 4.69) is 55.7 Å². The van der Waals surface area contributed by atoms with Gasteiger partial charge in [0.2, 0.25) is 0 Å². The summed E-state index contributed by atoms with van der Waals surface area (Å²) >= 11 is 0. The summed E-state index contributed by atoms with van der Waals surface area (Å²) in [6.45, 7) is 12.1. The summed E-state index contributed by atoms with van der Waals surface area (Å²) in [5.41, 5.74) is 0.257. The maximum atomic E-state index is 4.42. The van der Waals surface area contributed by atoms with Crippen molar-refractivity contribution in [2.75, 3.05) is 7.05 Å². The first-order valence-electron chi connectivity index (χ1n) is 6.04. The van der Waals surface area contributed by atoms with E-state index in [1.807, 2.05) is 13.2 Å². The van der Waals surface area contributed by atoms with Gasteiger partial charge in [0.1, 0.15) is 5.82 Å². The maximum absolute atomic E-state index is 4.42. The lowest BCUT2D eigenvalue weighted by molar-refractivity contribution is 0.252. The molecule has 92 valence electrons. The van der Waals surface area contributed by atoms with E-state index in [1.54, 1.807) is 0 Å². The van der Waals surface area contributed by atoms with Gasteiger partial charge in [-0.1, -0.05) is 34.6 Å². The van der Waals surface area contributed by atoms with Gasteiger partial charge in [-0.15, -0.1) is 0 Å². The highest BCUT2D eigenvalue weighted by molar-refractivity contribution is 4.99. The van der Waals surface area contributed by atoms with E-state index in [9.17, 15) is 0 Å². The summed E-state index contributed by atoms with van der Waals surface area (Å²) in [7, 11) is 2.03. The minimum Gasteiger partial charge on any atom is -0.333 e. The van der Waals surface area contributed by atoms with Crippen molar-refractivity contribution in [1.82, 2.24) is 14.9 Å². The van der Waals surface area contributed by atoms with Gasteiger partial charge in [0.15, 0.2) is 0 Å². The topological polar surface area (TPSA) is 29.9 Å². The van der Waals surface area contributed by atoms with Gasteiger partial charge in [-0.2, -0.15) is 0 Å². The molecule has 1 aromatic rings. The first-order chi connectivity index (χ1) is 7.36. The van der Waals surface area contributed by atoms with E-state index in [0.717, 1.165) is 6.54 Å². The number of rotatable bonds is 4. The molecule has 1 N–H and O–H groups in total. The second kappa shape index (κ2) is 5.00. The molecule has 0 spiro atoms. The van der Waals surface area contributed by atoms with Gasteiger partial charge in [-0.3, -0.25) is 0 Å². The van der Waals surface area contributed by atoms with Crippen molar-refractivity contribution in [3.8, 4) is 0 Å². The Kier molecular flexibility index (Phi) is 4.14. The molecule has 3 nitrogen and oxygen atoms in total. The molecule has 0 aliphatic rings. The Morgan fingerprint density at radius 1 is 1.38 bits per heavy atom. The molecule has 0 aliphatic carbocycles. The van der Waals surface area contributed by atoms with Crippen molar-refractivity contribution >= 4 is 0 Å². The molecule has 1 unspecified atom stereocenters. The average Bonchev–Trinajstić information content (AvgIpc) is 2.59. The molecule has 0 fully saturated rings. The van der Waals surface area contributed by atoms with Crippen LogP contribution in [0.2, 0.25) is 0 Å². The van der Waals surface area contributed by atoms with Gasteiger partial charge < -0.3 is 9.88 Å². The van der Waals surface area contributed by atoms with Gasteiger partial charge in [-0.05, 0) is 12.5 Å². The van der Waals surface area contributed by atoms with Crippen LogP contribution < -0.4 is 5.32 Å². The van der Waals surface area contributed by atoms with Crippen LogP contribution in [0.1, 0.15) is 46.4 Å². The van der Waals surface area contributed by atoms with E-state index in [0.29, 0.717) is 12.0 Å². The largest absolute Gasteiger partial charge is 0.333 e. The maximum Gasteiger partial charge on any atom is 0.111 e. The zero-order valence-corrected chi connectivity index (χ0v) is 11.4. The molecule has 1 rings (SSSR count). The Labute approximate surface area is 99.3 Å². The highest BCUT2D eigenvalue weighted by atomic mass is 15.1. The van der Waals surface area contributed by atoms with Crippen LogP contribution in [0.15, 0.2) is 12.4 Å². The van der Waals surface area contributed by atoms with Crippen molar-refractivity contribution in [3.63, 3.8) is 0 Å². The van der Waals surface area contributed by atoms with Crippen LogP contribution in [0, 0.1) is 5.41 Å². The van der Waals surface area contributed by atoms with Gasteiger partial charge in [0.05, 0.1) is 0 Å². The third-order valence-corrected chi connectivity index (χ3v) is 3.04. The van der Waals surface area contributed by atoms with E-state index < -0.39 is 0 Å². The number of likely N-dealkylation sites (N-methyl/N-ethyl adjacent to an activating group) is 1. The van der Waals surface area contributed by atoms with Crippen molar-refractivity contribution in [3.05, 3.63) is 18.2 Å². The van der Waals surface area contributed by atoms with Crippen molar-refractivity contribution in [2.45, 2.75) is 53.1 Å². The SMILES string of the molecule is CNC(Cn1ccnc1C(C)C)C(C)(C)C. The molecule has 0 radical (unpaired) electrons. The Balaban J connectivity index is 2.82. The monoisotopic (exact) mass is 223 g/mol. The third-order valence-electron chi connectivity index (χ3n) is 3.04. The molecule has 1 atom stereocenters. The first kappa shape index (κ1) is 13.2. The molecule has 0 saturated carbocycles. The number of nitrogens with zero attached hydrogens (tertiary/aromatic N) is 2. The fourth-order valence-corrected chi connectivity index (χ4v) is 1.97. The predicted molar refractivity (Wildman–Crippen MR) is 68.6 cm³/mol. The highest BCUT2D eigenvalue weighted by Gasteiger charge is 2.24. The lowest BCUT2D eigenvalue weighted by Gasteiger charge is -2.31. The zero-order chi connectivity index (χ0) is 12.3. The molecule has 0 aliphatic heterocycles. The summed E-state index contributed by atoms with van der Waals surface area (Å²) < 4.78 is 2.26. The molecule has 1 heterocycles. The number of nitrogens with one attached hydrogen (secondary N) is 1. The molecule has 0 aromatic carbocycles. The number of imidazole rings is 1. The quantitative estimate of drug-likeness (QED) is 0.850. The number of aromatic nitrogens is 2. The Hall–Kier alpha value is -0.830. The molecule has 16 heavy (non-hydrogen) atoms. The fraction of sp³-hybridized carbons (Fsp3) is 0.769. The Morgan fingerprint density at radius 2 is 2.00 bits per heavy atom. The van der Waals surface area contributed by atoms with E-state index in [-0.39, 0.29) is 5.41 Å². The summed E-state index contributed by atoms with van der Waals surface area (Å²) in [6.07, 6.45) is 3.97. The molecular formula is C13H25N3. The van der Waals surface area contributed by atoms with Crippen LogP contribution in [-0.4, -0.2) is 22.6 Å². The number of hydrogen-bond donors (Lipinski definition) is 1. The van der Waals surface area contributed by atoms with Crippen LogP contribution in [0.4, 0.5) is 0 Å². The highest BCUT2D eigenvalue weighted by Crippen LogP contribution is 2.22. The summed E-state index contributed by atoms with van der Waals surface area (Å²) in [4.78, 5) is 4.42. The van der Waals surface area contributed by atoms with Crippen molar-refractivity contribution < 1.29 is 0 Å². The summed E-state index contributed by atoms with van der Waals surface area (Å²) in [6, 6.07) is 0.458. The Morgan fingerprint density at radius 3 is 2.44 bits per heavy atom. The molecule has 0 amide bonds. The van der Waals surface area contributed by atoms with Crippen LogP contribution >= 0.6 is 0 Å².